The van der Waals surface area contributed by atoms with E-state index < -0.39 is 0 Å². The van der Waals surface area contributed by atoms with Crippen LogP contribution in [-0.2, 0) is 16.1 Å². The van der Waals surface area contributed by atoms with Gasteiger partial charge in [-0.3, -0.25) is 14.3 Å². The average molecular weight is 393 g/mol. The first-order valence-corrected chi connectivity index (χ1v) is 9.38. The zero-order valence-corrected chi connectivity index (χ0v) is 16.2. The summed E-state index contributed by atoms with van der Waals surface area (Å²) in [6, 6.07) is 11.6. The largest absolute Gasteiger partial charge is 0.482 e. The molecule has 148 valence electrons. The van der Waals surface area contributed by atoms with Gasteiger partial charge in [-0.05, 0) is 48.9 Å². The number of carbonyl (C=O) groups is 2. The van der Waals surface area contributed by atoms with E-state index in [-0.39, 0.29) is 30.7 Å². The number of anilines is 1. The van der Waals surface area contributed by atoms with Gasteiger partial charge in [-0.1, -0.05) is 13.0 Å². The number of benzene rings is 2. The van der Waals surface area contributed by atoms with Gasteiger partial charge in [0.2, 0.25) is 0 Å². The lowest BCUT2D eigenvalue weighted by Crippen LogP contribution is -2.25. The normalized spacial score (nSPS) is 12.9. The Morgan fingerprint density at radius 1 is 1.21 bits per heavy atom. The lowest BCUT2D eigenvalue weighted by atomic mass is 9.98. The molecular weight excluding hydrogens is 373 g/mol. The summed E-state index contributed by atoms with van der Waals surface area (Å²) >= 11 is 0. The summed E-state index contributed by atoms with van der Waals surface area (Å²) < 4.78 is 20.6. The van der Waals surface area contributed by atoms with Crippen LogP contribution in [0.2, 0.25) is 0 Å². The molecule has 2 heterocycles. The van der Waals surface area contributed by atoms with Gasteiger partial charge in [0, 0.05) is 17.5 Å². The molecule has 0 aliphatic carbocycles. The van der Waals surface area contributed by atoms with Crippen molar-refractivity contribution < 1.29 is 18.7 Å². The van der Waals surface area contributed by atoms with E-state index >= 15 is 0 Å². The Bertz CT molecular complexity index is 1100. The zero-order valence-electron chi connectivity index (χ0n) is 16.2. The molecule has 1 aliphatic heterocycles. The molecule has 0 unspecified atom stereocenters. The molecule has 1 aliphatic rings. The van der Waals surface area contributed by atoms with Crippen LogP contribution < -0.4 is 10.1 Å². The summed E-state index contributed by atoms with van der Waals surface area (Å²) in [4.78, 5) is 23.8. The summed E-state index contributed by atoms with van der Waals surface area (Å²) in [6.07, 6.45) is 0.402. The topological polar surface area (TPSA) is 73.2 Å². The van der Waals surface area contributed by atoms with Gasteiger partial charge in [-0.15, -0.1) is 0 Å². The summed E-state index contributed by atoms with van der Waals surface area (Å²) in [7, 11) is 0. The molecule has 1 N–H and O–H groups in total. The molecule has 0 atom stereocenters. The lowest BCUT2D eigenvalue weighted by Gasteiger charge is -2.19. The van der Waals surface area contributed by atoms with Crippen molar-refractivity contribution in [3.05, 3.63) is 54.0 Å². The molecule has 0 saturated heterocycles. The number of nitrogens with zero attached hydrogens (tertiary/aromatic N) is 2. The molecular formula is C22H20FN3O3. The van der Waals surface area contributed by atoms with Crippen molar-refractivity contribution in [3.8, 4) is 28.1 Å². The molecule has 0 spiro atoms. The van der Waals surface area contributed by atoms with Crippen molar-refractivity contribution in [2.75, 3.05) is 11.9 Å². The van der Waals surface area contributed by atoms with Crippen LogP contribution in [0, 0.1) is 12.7 Å². The number of hydrogen-bond donors (Lipinski definition) is 1. The molecule has 3 aromatic rings. The number of hydrogen-bond acceptors (Lipinski definition) is 4. The van der Waals surface area contributed by atoms with Crippen LogP contribution in [0.25, 0.3) is 22.4 Å². The van der Waals surface area contributed by atoms with Crippen LogP contribution in [0.4, 0.5) is 10.1 Å². The Morgan fingerprint density at radius 2 is 1.93 bits per heavy atom. The highest BCUT2D eigenvalue weighted by Gasteiger charge is 2.22. The number of halogens is 1. The van der Waals surface area contributed by atoms with Crippen LogP contribution >= 0.6 is 0 Å². The summed E-state index contributed by atoms with van der Waals surface area (Å²) in [6.45, 7) is 3.80. The van der Waals surface area contributed by atoms with E-state index in [0.717, 1.165) is 28.1 Å². The zero-order chi connectivity index (χ0) is 20.5. The van der Waals surface area contributed by atoms with Crippen LogP contribution in [0.5, 0.6) is 5.75 Å². The number of Topliss-reactive ketones (excluding diaryl/α,β-unsaturated/α-hetero) is 1. The summed E-state index contributed by atoms with van der Waals surface area (Å²) in [5, 5.41) is 7.39. The second-order valence-electron chi connectivity index (χ2n) is 6.91. The van der Waals surface area contributed by atoms with Crippen molar-refractivity contribution in [3.63, 3.8) is 0 Å². The SMILES string of the molecule is CCC(=O)Cn1nc(C)c(-c2ccc3c(c2)NC(=O)CO3)c1-c1ccc(F)cc1. The van der Waals surface area contributed by atoms with Crippen LogP contribution in [-0.4, -0.2) is 28.1 Å². The smallest absolute Gasteiger partial charge is 0.262 e. The minimum absolute atomic E-state index is 0.0106. The van der Waals surface area contributed by atoms with Crippen molar-refractivity contribution in [1.82, 2.24) is 9.78 Å². The maximum Gasteiger partial charge on any atom is 0.262 e. The Hall–Kier alpha value is -3.48. The van der Waals surface area contributed by atoms with Gasteiger partial charge in [0.15, 0.2) is 12.4 Å². The number of ether oxygens (including phenoxy) is 1. The number of fused-ring (bicyclic) bond motifs is 1. The predicted octanol–water partition coefficient (Wildman–Crippen LogP) is 3.97. The van der Waals surface area contributed by atoms with Crippen LogP contribution in [0.3, 0.4) is 0 Å². The first-order valence-electron chi connectivity index (χ1n) is 9.38. The Kier molecular flexibility index (Phi) is 4.88. The van der Waals surface area contributed by atoms with E-state index in [9.17, 15) is 14.0 Å². The van der Waals surface area contributed by atoms with Crippen molar-refractivity contribution in [1.29, 1.82) is 0 Å². The third-order valence-electron chi connectivity index (χ3n) is 4.87. The maximum atomic E-state index is 13.5. The maximum absolute atomic E-state index is 13.5. The molecule has 0 radical (unpaired) electrons. The second-order valence-corrected chi connectivity index (χ2v) is 6.91. The summed E-state index contributed by atoms with van der Waals surface area (Å²) in [5.41, 5.74) is 4.44. The number of aryl methyl sites for hydroxylation is 1. The van der Waals surface area contributed by atoms with Gasteiger partial charge in [-0.2, -0.15) is 5.10 Å². The van der Waals surface area contributed by atoms with E-state index in [1.54, 1.807) is 22.9 Å². The highest BCUT2D eigenvalue weighted by molar-refractivity contribution is 5.97. The lowest BCUT2D eigenvalue weighted by molar-refractivity contribution is -0.119. The fourth-order valence-corrected chi connectivity index (χ4v) is 3.46. The molecule has 7 heteroatoms. The van der Waals surface area contributed by atoms with Crippen molar-refractivity contribution >= 4 is 17.4 Å². The number of amides is 1. The Morgan fingerprint density at radius 3 is 2.66 bits per heavy atom. The van der Waals surface area contributed by atoms with E-state index in [1.807, 2.05) is 26.0 Å². The summed E-state index contributed by atoms with van der Waals surface area (Å²) in [5.74, 6) is 0.0992. The minimum atomic E-state index is -0.337. The highest BCUT2D eigenvalue weighted by Crippen LogP contribution is 2.39. The van der Waals surface area contributed by atoms with E-state index in [1.165, 1.54) is 12.1 Å². The monoisotopic (exact) mass is 393 g/mol. The second kappa shape index (κ2) is 7.50. The number of ketones is 1. The van der Waals surface area contributed by atoms with Gasteiger partial charge < -0.3 is 10.1 Å². The highest BCUT2D eigenvalue weighted by atomic mass is 19.1. The van der Waals surface area contributed by atoms with Gasteiger partial charge in [0.05, 0.1) is 17.1 Å². The number of carbonyl (C=O) groups excluding carboxylic acids is 2. The van der Waals surface area contributed by atoms with Gasteiger partial charge in [0.25, 0.3) is 5.91 Å². The number of rotatable bonds is 5. The fourth-order valence-electron chi connectivity index (χ4n) is 3.46. The van der Waals surface area contributed by atoms with Crippen molar-refractivity contribution in [2.45, 2.75) is 26.8 Å². The van der Waals surface area contributed by atoms with E-state index in [2.05, 4.69) is 10.4 Å². The van der Waals surface area contributed by atoms with E-state index in [0.29, 0.717) is 17.9 Å². The molecule has 1 aromatic heterocycles. The Labute approximate surface area is 167 Å². The number of nitrogens with one attached hydrogen (secondary N) is 1. The fraction of sp³-hybridized carbons (Fsp3) is 0.227. The molecule has 1 amide bonds. The minimum Gasteiger partial charge on any atom is -0.482 e. The standard InChI is InChI=1S/C22H20FN3O3/c1-3-17(27)11-26-22(14-4-7-16(23)8-5-14)21(13(2)25-26)15-6-9-19-18(10-15)24-20(28)12-29-19/h4-10H,3,11-12H2,1-2H3,(H,24,28). The average Bonchev–Trinajstić information content (AvgIpc) is 3.03. The molecule has 0 bridgehead atoms. The third-order valence-corrected chi connectivity index (χ3v) is 4.87. The molecule has 2 aromatic carbocycles. The molecule has 29 heavy (non-hydrogen) atoms. The molecule has 0 fully saturated rings. The van der Waals surface area contributed by atoms with Crippen molar-refractivity contribution in [2.24, 2.45) is 0 Å². The molecule has 6 nitrogen and oxygen atoms in total. The van der Waals surface area contributed by atoms with Crippen LogP contribution in [0.15, 0.2) is 42.5 Å². The number of aromatic nitrogens is 2. The quantitative estimate of drug-likeness (QED) is 0.712. The van der Waals surface area contributed by atoms with Gasteiger partial charge in [-0.25, -0.2) is 4.39 Å². The molecule has 0 saturated carbocycles. The Balaban J connectivity index is 1.89. The van der Waals surface area contributed by atoms with Gasteiger partial charge >= 0.3 is 0 Å². The third kappa shape index (κ3) is 3.63. The van der Waals surface area contributed by atoms with Crippen LogP contribution in [0.1, 0.15) is 19.0 Å². The first-order chi connectivity index (χ1) is 14.0. The van der Waals surface area contributed by atoms with E-state index in [4.69, 9.17) is 4.74 Å². The van der Waals surface area contributed by atoms with Gasteiger partial charge in [0.1, 0.15) is 18.1 Å². The first kappa shape index (κ1) is 18.9. The molecule has 4 rings (SSSR count). The predicted molar refractivity (Wildman–Crippen MR) is 107 cm³/mol.